The molecule has 2 heterocycles. The molecule has 1 N–H and O–H groups in total. The van der Waals surface area contributed by atoms with Crippen LogP contribution in [0.15, 0.2) is 36.7 Å². The van der Waals surface area contributed by atoms with Gasteiger partial charge in [-0.15, -0.1) is 11.3 Å². The molecule has 0 saturated carbocycles. The fraction of sp³-hybridized carbons (Fsp3) is 0.143. The zero-order chi connectivity index (χ0) is 13.2. The van der Waals surface area contributed by atoms with Crippen LogP contribution in [0, 0.1) is 6.92 Å². The van der Waals surface area contributed by atoms with Crippen molar-refractivity contribution in [2.75, 3.05) is 5.32 Å². The maximum absolute atomic E-state index is 5.87. The molecule has 0 amide bonds. The summed E-state index contributed by atoms with van der Waals surface area (Å²) < 4.78 is 0. The van der Waals surface area contributed by atoms with Crippen LogP contribution in [0.25, 0.3) is 10.2 Å². The maximum atomic E-state index is 5.87. The topological polar surface area (TPSA) is 37.8 Å². The predicted molar refractivity (Wildman–Crippen MR) is 80.9 cm³/mol. The van der Waals surface area contributed by atoms with Gasteiger partial charge >= 0.3 is 0 Å². The van der Waals surface area contributed by atoms with Gasteiger partial charge in [0.25, 0.3) is 0 Å². The van der Waals surface area contributed by atoms with E-state index in [1.165, 1.54) is 10.4 Å². The van der Waals surface area contributed by atoms with Crippen molar-refractivity contribution in [3.8, 4) is 0 Å². The van der Waals surface area contributed by atoms with Crippen molar-refractivity contribution in [1.29, 1.82) is 0 Å². The third-order valence-corrected chi connectivity index (χ3v) is 4.04. The Bertz CT molecular complexity index is 706. The monoisotopic (exact) mass is 289 g/mol. The van der Waals surface area contributed by atoms with Crippen molar-refractivity contribution < 1.29 is 0 Å². The Morgan fingerprint density at radius 3 is 2.79 bits per heavy atom. The van der Waals surface area contributed by atoms with Crippen LogP contribution in [0.4, 0.5) is 5.82 Å². The number of halogens is 1. The molecule has 0 bridgehead atoms. The lowest BCUT2D eigenvalue weighted by atomic mass is 10.2. The molecule has 0 atom stereocenters. The van der Waals surface area contributed by atoms with Crippen molar-refractivity contribution >= 4 is 39.0 Å². The minimum atomic E-state index is 0.720. The molecule has 0 saturated heterocycles. The average molecular weight is 290 g/mol. The van der Waals surface area contributed by atoms with Crippen molar-refractivity contribution in [2.24, 2.45) is 0 Å². The third kappa shape index (κ3) is 2.69. The standard InChI is InChI=1S/C14H12ClN3S/c1-9-6-12-13(17-8-18-14(12)19-9)16-7-10-2-4-11(15)5-3-10/h2-6,8H,7H2,1H3,(H,16,17,18). The van der Waals surface area contributed by atoms with Gasteiger partial charge in [0.15, 0.2) is 0 Å². The summed E-state index contributed by atoms with van der Waals surface area (Å²) in [4.78, 5) is 10.9. The maximum Gasteiger partial charge on any atom is 0.138 e. The van der Waals surface area contributed by atoms with Crippen LogP contribution in [0.1, 0.15) is 10.4 Å². The van der Waals surface area contributed by atoms with Gasteiger partial charge in [-0.2, -0.15) is 0 Å². The van der Waals surface area contributed by atoms with Gasteiger partial charge in [-0.1, -0.05) is 23.7 Å². The average Bonchev–Trinajstić information content (AvgIpc) is 2.79. The third-order valence-electron chi connectivity index (χ3n) is 2.83. The fourth-order valence-corrected chi connectivity index (χ4v) is 2.88. The number of nitrogens with zero attached hydrogens (tertiary/aromatic N) is 2. The summed E-state index contributed by atoms with van der Waals surface area (Å²) >= 11 is 7.55. The van der Waals surface area contributed by atoms with Crippen LogP contribution < -0.4 is 5.32 Å². The summed E-state index contributed by atoms with van der Waals surface area (Å²) in [6, 6.07) is 9.91. The first-order valence-corrected chi connectivity index (χ1v) is 7.11. The summed E-state index contributed by atoms with van der Waals surface area (Å²) in [6.45, 7) is 2.80. The Labute approximate surface area is 120 Å². The van der Waals surface area contributed by atoms with Crippen LogP contribution in [0.2, 0.25) is 5.02 Å². The number of thiophene rings is 1. The Morgan fingerprint density at radius 2 is 2.00 bits per heavy atom. The van der Waals surface area contributed by atoms with Crippen LogP contribution in [0.5, 0.6) is 0 Å². The van der Waals surface area contributed by atoms with Gasteiger partial charge in [0.1, 0.15) is 17.0 Å². The van der Waals surface area contributed by atoms with Gasteiger partial charge in [0, 0.05) is 16.4 Å². The quantitative estimate of drug-likeness (QED) is 0.782. The van der Waals surface area contributed by atoms with Crippen molar-refractivity contribution in [3.63, 3.8) is 0 Å². The number of hydrogen-bond acceptors (Lipinski definition) is 4. The molecular formula is C14H12ClN3S. The lowest BCUT2D eigenvalue weighted by Crippen LogP contribution is -2.01. The zero-order valence-electron chi connectivity index (χ0n) is 10.4. The van der Waals surface area contributed by atoms with E-state index in [0.29, 0.717) is 0 Å². The molecule has 3 aromatic rings. The Hall–Kier alpha value is -1.65. The highest BCUT2D eigenvalue weighted by atomic mass is 35.5. The van der Waals surface area contributed by atoms with E-state index >= 15 is 0 Å². The first kappa shape index (κ1) is 12.4. The molecule has 0 aliphatic rings. The van der Waals surface area contributed by atoms with Crippen LogP contribution in [-0.4, -0.2) is 9.97 Å². The predicted octanol–water partition coefficient (Wildman–Crippen LogP) is 4.27. The molecular weight excluding hydrogens is 278 g/mol. The summed E-state index contributed by atoms with van der Waals surface area (Å²) in [6.07, 6.45) is 1.60. The second-order valence-corrected chi connectivity index (χ2v) is 5.95. The molecule has 0 aliphatic heterocycles. The highest BCUT2D eigenvalue weighted by Gasteiger charge is 2.06. The second-order valence-electron chi connectivity index (χ2n) is 4.28. The molecule has 19 heavy (non-hydrogen) atoms. The van der Waals surface area contributed by atoms with Crippen molar-refractivity contribution in [2.45, 2.75) is 13.5 Å². The van der Waals surface area contributed by atoms with Crippen molar-refractivity contribution in [3.05, 3.63) is 52.1 Å². The molecule has 3 nitrogen and oxygen atoms in total. The molecule has 3 rings (SSSR count). The van der Waals surface area contributed by atoms with E-state index < -0.39 is 0 Å². The Balaban J connectivity index is 1.83. The molecule has 0 spiro atoms. The number of fused-ring (bicyclic) bond motifs is 1. The first-order valence-electron chi connectivity index (χ1n) is 5.92. The summed E-state index contributed by atoms with van der Waals surface area (Å²) in [5.41, 5.74) is 1.17. The molecule has 0 fully saturated rings. The number of benzene rings is 1. The second kappa shape index (κ2) is 5.15. The fourth-order valence-electron chi connectivity index (χ4n) is 1.90. The van der Waals surface area contributed by atoms with Crippen LogP contribution >= 0.6 is 22.9 Å². The first-order chi connectivity index (χ1) is 9.22. The van der Waals surface area contributed by atoms with E-state index in [0.717, 1.165) is 27.6 Å². The number of hydrogen-bond donors (Lipinski definition) is 1. The van der Waals surface area contributed by atoms with E-state index in [-0.39, 0.29) is 0 Å². The van der Waals surface area contributed by atoms with E-state index in [4.69, 9.17) is 11.6 Å². The van der Waals surface area contributed by atoms with Crippen LogP contribution in [-0.2, 0) is 6.54 Å². The number of rotatable bonds is 3. The summed E-state index contributed by atoms with van der Waals surface area (Å²) in [5, 5.41) is 5.18. The summed E-state index contributed by atoms with van der Waals surface area (Å²) in [5.74, 6) is 0.879. The van der Waals surface area contributed by atoms with E-state index in [1.54, 1.807) is 17.7 Å². The van der Waals surface area contributed by atoms with Crippen molar-refractivity contribution in [1.82, 2.24) is 9.97 Å². The van der Waals surface area contributed by atoms with Gasteiger partial charge in [-0.05, 0) is 30.7 Å². The Kier molecular flexibility index (Phi) is 3.36. The van der Waals surface area contributed by atoms with Gasteiger partial charge in [-0.25, -0.2) is 9.97 Å². The summed E-state index contributed by atoms with van der Waals surface area (Å²) in [7, 11) is 0. The lowest BCUT2D eigenvalue weighted by Gasteiger charge is -2.06. The van der Waals surface area contributed by atoms with Gasteiger partial charge in [0.2, 0.25) is 0 Å². The highest BCUT2D eigenvalue weighted by molar-refractivity contribution is 7.18. The minimum Gasteiger partial charge on any atom is -0.365 e. The molecule has 5 heteroatoms. The van der Waals surface area contributed by atoms with Gasteiger partial charge < -0.3 is 5.32 Å². The lowest BCUT2D eigenvalue weighted by molar-refractivity contribution is 1.11. The smallest absolute Gasteiger partial charge is 0.138 e. The van der Waals surface area contributed by atoms with E-state index in [9.17, 15) is 0 Å². The Morgan fingerprint density at radius 1 is 1.21 bits per heavy atom. The number of anilines is 1. The van der Waals surface area contributed by atoms with Gasteiger partial charge in [0.05, 0.1) is 5.39 Å². The van der Waals surface area contributed by atoms with Gasteiger partial charge in [-0.3, -0.25) is 0 Å². The van der Waals surface area contributed by atoms with Crippen LogP contribution in [0.3, 0.4) is 0 Å². The molecule has 0 aliphatic carbocycles. The highest BCUT2D eigenvalue weighted by Crippen LogP contribution is 2.27. The minimum absolute atomic E-state index is 0.720. The number of nitrogens with one attached hydrogen (secondary N) is 1. The SMILES string of the molecule is Cc1cc2c(NCc3ccc(Cl)cc3)ncnc2s1. The molecule has 0 unspecified atom stereocenters. The number of aryl methyl sites for hydroxylation is 1. The molecule has 96 valence electrons. The molecule has 1 aromatic carbocycles. The molecule has 2 aromatic heterocycles. The van der Waals surface area contributed by atoms with E-state index in [2.05, 4.69) is 28.3 Å². The normalized spacial score (nSPS) is 10.8. The zero-order valence-corrected chi connectivity index (χ0v) is 11.9. The number of aromatic nitrogens is 2. The largest absolute Gasteiger partial charge is 0.365 e. The molecule has 0 radical (unpaired) electrons. The van der Waals surface area contributed by atoms with E-state index in [1.807, 2.05) is 24.3 Å².